The molecule has 1 fully saturated rings. The minimum atomic E-state index is -2.67. The van der Waals surface area contributed by atoms with Crippen molar-refractivity contribution < 1.29 is 23.5 Å². The summed E-state index contributed by atoms with van der Waals surface area (Å²) >= 11 is 0. The molecule has 5 nitrogen and oxygen atoms in total. The average molecular weight is 164 g/mol. The van der Waals surface area contributed by atoms with Crippen LogP contribution in [0.2, 0.25) is 0 Å². The van der Waals surface area contributed by atoms with Crippen LogP contribution in [-0.2, 0) is 13.3 Å². The third-order valence-electron chi connectivity index (χ3n) is 1.26. The van der Waals surface area contributed by atoms with Crippen LogP contribution in [0.25, 0.3) is 0 Å². The molecule has 6 heteroatoms. The Morgan fingerprint density at radius 1 is 1.70 bits per heavy atom. The fraction of sp³-hybridized carbons (Fsp3) is 1.00. The molecular weight excluding hydrogens is 156 g/mol. The van der Waals surface area contributed by atoms with Gasteiger partial charge >= 0.3 is 15.1 Å². The lowest BCUT2D eigenvalue weighted by molar-refractivity contribution is -0.306. The molecule has 0 aliphatic carbocycles. The van der Waals surface area contributed by atoms with Gasteiger partial charge in [0.25, 0.3) is 0 Å². The Balaban J connectivity index is 2.67. The Bertz CT molecular complexity index is 156. The van der Waals surface area contributed by atoms with Gasteiger partial charge in [0.05, 0.1) is 0 Å². The maximum Gasteiger partial charge on any atom is 0.771 e. The molecule has 1 saturated heterocycles. The van der Waals surface area contributed by atoms with E-state index in [1.165, 1.54) is 0 Å². The summed E-state index contributed by atoms with van der Waals surface area (Å²) in [5.74, 6) is -2.36. The second kappa shape index (κ2) is 2.29. The molecule has 0 aromatic heterocycles. The average Bonchev–Trinajstić information content (AvgIpc) is 2.04. The Hall–Kier alpha value is -0.463. The maximum absolute atomic E-state index is 10.4. The normalized spacial score (nSPS) is 29.5. The number of hydrogen-bond acceptors (Lipinski definition) is 5. The van der Waals surface area contributed by atoms with Crippen molar-refractivity contribution >= 4 is 9.17 Å². The van der Waals surface area contributed by atoms with Crippen LogP contribution in [0.15, 0.2) is 0 Å². The van der Waals surface area contributed by atoms with Crippen molar-refractivity contribution in [2.45, 2.75) is 25.4 Å². The molecule has 0 amide bonds. The van der Waals surface area contributed by atoms with Crippen molar-refractivity contribution in [3.8, 4) is 0 Å². The fourth-order valence-corrected chi connectivity index (χ4v) is 1.73. The molecule has 1 unspecified atom stereocenters. The molecular formula is C4H8O5Si. The summed E-state index contributed by atoms with van der Waals surface area (Å²) < 4.78 is 19.2. The van der Waals surface area contributed by atoms with Gasteiger partial charge in [0, 0.05) is 0 Å². The van der Waals surface area contributed by atoms with E-state index in [9.17, 15) is 4.46 Å². The van der Waals surface area contributed by atoms with Crippen molar-refractivity contribution in [2.24, 2.45) is 0 Å². The summed E-state index contributed by atoms with van der Waals surface area (Å²) in [5.41, 5.74) is 0. The lowest BCUT2D eigenvalue weighted by atomic mass is 10.2. The highest BCUT2D eigenvalue weighted by Crippen LogP contribution is 2.22. The first kappa shape index (κ1) is 7.64. The zero-order valence-corrected chi connectivity index (χ0v) is 6.40. The molecule has 0 spiro atoms. The van der Waals surface area contributed by atoms with Gasteiger partial charge in [0.15, 0.2) is 6.10 Å². The third-order valence-corrected chi connectivity index (χ3v) is 2.21. The Kier molecular flexibility index (Phi) is 1.75. The quantitative estimate of drug-likeness (QED) is 0.378. The number of aliphatic hydroxyl groups is 2. The third kappa shape index (κ3) is 1.18. The zero-order chi connectivity index (χ0) is 7.78. The molecule has 0 aromatic rings. The summed E-state index contributed by atoms with van der Waals surface area (Å²) in [5, 5.41) is 17.7. The van der Waals surface area contributed by atoms with Gasteiger partial charge in [-0.3, -0.25) is 4.46 Å². The minimum Gasteiger partial charge on any atom is -0.483 e. The van der Waals surface area contributed by atoms with Crippen molar-refractivity contribution in [1.29, 1.82) is 0 Å². The Labute approximate surface area is 59.1 Å². The predicted molar refractivity (Wildman–Crippen MR) is 29.9 cm³/mol. The molecule has 0 saturated carbocycles. The molecule has 0 bridgehead atoms. The molecule has 1 aliphatic heterocycles. The van der Waals surface area contributed by atoms with Gasteiger partial charge in [0.1, 0.15) is 0 Å². The Morgan fingerprint density at radius 3 is 2.50 bits per heavy atom. The van der Waals surface area contributed by atoms with Crippen molar-refractivity contribution in [2.75, 3.05) is 0 Å². The molecule has 1 atom stereocenters. The summed E-state index contributed by atoms with van der Waals surface area (Å²) in [6.07, 6.45) is -0.539. The van der Waals surface area contributed by atoms with Crippen LogP contribution in [0, 0.1) is 0 Å². The van der Waals surface area contributed by atoms with Crippen LogP contribution in [0.3, 0.4) is 0 Å². The van der Waals surface area contributed by atoms with Gasteiger partial charge in [-0.05, 0) is 6.42 Å². The van der Waals surface area contributed by atoms with E-state index >= 15 is 0 Å². The summed E-state index contributed by atoms with van der Waals surface area (Å²) in [4.78, 5) is 0. The molecule has 2 N–H and O–H groups in total. The Morgan fingerprint density at radius 2 is 2.30 bits per heavy atom. The zero-order valence-electron chi connectivity index (χ0n) is 5.40. The minimum absolute atomic E-state index is 0.351. The topological polar surface area (TPSA) is 76.0 Å². The van der Waals surface area contributed by atoms with E-state index in [4.69, 9.17) is 10.2 Å². The smallest absolute Gasteiger partial charge is 0.483 e. The monoisotopic (exact) mass is 164 g/mol. The summed E-state index contributed by atoms with van der Waals surface area (Å²) in [7, 11) is -2.67. The maximum atomic E-state index is 10.4. The predicted octanol–water partition coefficient (Wildman–Crippen LogP) is -1.13. The lowest BCUT2D eigenvalue weighted by Gasteiger charge is -2.17. The van der Waals surface area contributed by atoms with Gasteiger partial charge in [-0.25, -0.2) is 0 Å². The van der Waals surface area contributed by atoms with Gasteiger partial charge < -0.3 is 19.1 Å². The molecule has 1 heterocycles. The lowest BCUT2D eigenvalue weighted by Crippen LogP contribution is -2.38. The van der Waals surface area contributed by atoms with Crippen LogP contribution in [-0.4, -0.2) is 31.5 Å². The molecule has 58 valence electrons. The van der Waals surface area contributed by atoms with E-state index in [0.717, 1.165) is 0 Å². The van der Waals surface area contributed by atoms with Crippen molar-refractivity contribution in [1.82, 2.24) is 0 Å². The molecule has 1 rings (SSSR count). The summed E-state index contributed by atoms with van der Waals surface area (Å²) in [6.45, 7) is 1.68. The SMILES string of the molecule is CCC1O[Si](=O)OC1(O)O. The highest BCUT2D eigenvalue weighted by molar-refractivity contribution is 6.27. The van der Waals surface area contributed by atoms with Crippen LogP contribution in [0.4, 0.5) is 0 Å². The fourth-order valence-electron chi connectivity index (χ4n) is 0.755. The first-order valence-corrected chi connectivity index (χ1v) is 4.13. The van der Waals surface area contributed by atoms with E-state index < -0.39 is 21.2 Å². The molecule has 0 aromatic carbocycles. The standard InChI is InChI=1S/C4H8O5Si/c1-2-3-4(5,6)9-10(7)8-3/h3,5-6H,2H2,1H3. The van der Waals surface area contributed by atoms with Crippen LogP contribution in [0.1, 0.15) is 13.3 Å². The second-order valence-corrected chi connectivity index (χ2v) is 2.97. The van der Waals surface area contributed by atoms with E-state index in [-0.39, 0.29) is 0 Å². The molecule has 0 radical (unpaired) electrons. The first-order chi connectivity index (χ1) is 4.56. The van der Waals surface area contributed by atoms with Gasteiger partial charge in [-0.15, -0.1) is 0 Å². The highest BCUT2D eigenvalue weighted by atomic mass is 28.3. The second-order valence-electron chi connectivity index (χ2n) is 2.03. The largest absolute Gasteiger partial charge is 0.771 e. The van der Waals surface area contributed by atoms with Crippen molar-refractivity contribution in [3.05, 3.63) is 0 Å². The van der Waals surface area contributed by atoms with Gasteiger partial charge in [-0.1, -0.05) is 6.92 Å². The highest BCUT2D eigenvalue weighted by Gasteiger charge is 2.49. The van der Waals surface area contributed by atoms with E-state index in [0.29, 0.717) is 6.42 Å². The van der Waals surface area contributed by atoms with E-state index in [1.807, 2.05) is 0 Å². The van der Waals surface area contributed by atoms with Crippen LogP contribution in [0.5, 0.6) is 0 Å². The van der Waals surface area contributed by atoms with Crippen LogP contribution >= 0.6 is 0 Å². The van der Waals surface area contributed by atoms with Crippen molar-refractivity contribution in [3.63, 3.8) is 0 Å². The van der Waals surface area contributed by atoms with Gasteiger partial charge in [-0.2, -0.15) is 0 Å². The van der Waals surface area contributed by atoms with E-state index in [1.54, 1.807) is 6.92 Å². The number of rotatable bonds is 1. The molecule has 10 heavy (non-hydrogen) atoms. The van der Waals surface area contributed by atoms with Gasteiger partial charge in [0.2, 0.25) is 0 Å². The molecule has 1 aliphatic rings. The summed E-state index contributed by atoms with van der Waals surface area (Å²) in [6, 6.07) is 0. The number of hydrogen-bond donors (Lipinski definition) is 2. The van der Waals surface area contributed by atoms with Crippen LogP contribution < -0.4 is 0 Å². The first-order valence-electron chi connectivity index (χ1n) is 2.90. The van der Waals surface area contributed by atoms with E-state index in [2.05, 4.69) is 8.85 Å².